The fourth-order valence-electron chi connectivity index (χ4n) is 3.93. The maximum absolute atomic E-state index is 6.07. The Labute approximate surface area is 122 Å². The van der Waals surface area contributed by atoms with Gasteiger partial charge >= 0.3 is 0 Å². The molecule has 1 aliphatic heterocycles. The quantitative estimate of drug-likeness (QED) is 0.907. The topological polar surface area (TPSA) is 21.3 Å². The van der Waals surface area contributed by atoms with Crippen molar-refractivity contribution in [2.45, 2.75) is 57.1 Å². The van der Waals surface area contributed by atoms with Crippen LogP contribution in [0, 0.1) is 12.8 Å². The summed E-state index contributed by atoms with van der Waals surface area (Å²) in [5, 5.41) is 3.57. The number of aryl methyl sites for hydroxylation is 1. The predicted octanol–water partition coefficient (Wildman–Crippen LogP) is 3.47. The van der Waals surface area contributed by atoms with Crippen molar-refractivity contribution in [1.29, 1.82) is 0 Å². The highest BCUT2D eigenvalue weighted by Crippen LogP contribution is 2.45. The second-order valence-electron chi connectivity index (χ2n) is 6.73. The first kappa shape index (κ1) is 14.1. The van der Waals surface area contributed by atoms with Crippen molar-refractivity contribution in [2.24, 2.45) is 5.92 Å². The number of rotatable bonds is 4. The van der Waals surface area contributed by atoms with E-state index in [2.05, 4.69) is 43.6 Å². The molecule has 20 heavy (non-hydrogen) atoms. The minimum atomic E-state index is 0.255. The first-order valence-electron chi connectivity index (χ1n) is 8.08. The summed E-state index contributed by atoms with van der Waals surface area (Å²) in [7, 11) is 2.11. The molecule has 1 heterocycles. The lowest BCUT2D eigenvalue weighted by Crippen LogP contribution is -2.50. The smallest absolute Gasteiger partial charge is 0.0685 e. The van der Waals surface area contributed by atoms with E-state index in [9.17, 15) is 0 Å². The Morgan fingerprint density at radius 3 is 2.90 bits per heavy atom. The molecule has 2 aliphatic rings. The molecule has 0 aromatic heterocycles. The van der Waals surface area contributed by atoms with Crippen LogP contribution in [0.2, 0.25) is 0 Å². The molecular formula is C18H27NO. The van der Waals surface area contributed by atoms with E-state index >= 15 is 0 Å². The Hall–Kier alpha value is -0.860. The number of nitrogens with one attached hydrogen (secondary N) is 1. The van der Waals surface area contributed by atoms with Gasteiger partial charge in [0.15, 0.2) is 0 Å². The number of hydrogen-bond donors (Lipinski definition) is 1. The van der Waals surface area contributed by atoms with E-state index in [0.717, 1.165) is 18.9 Å². The summed E-state index contributed by atoms with van der Waals surface area (Å²) in [4.78, 5) is 0. The van der Waals surface area contributed by atoms with E-state index in [0.29, 0.717) is 6.04 Å². The number of benzene rings is 1. The highest BCUT2D eigenvalue weighted by Gasteiger charge is 2.43. The van der Waals surface area contributed by atoms with Crippen LogP contribution >= 0.6 is 0 Å². The minimum absolute atomic E-state index is 0.255. The number of likely N-dealkylation sites (N-methyl/N-ethyl adjacent to an activating group) is 1. The van der Waals surface area contributed by atoms with Crippen LogP contribution in [0.3, 0.4) is 0 Å². The van der Waals surface area contributed by atoms with E-state index in [1.807, 2.05) is 0 Å². The van der Waals surface area contributed by atoms with Crippen LogP contribution in [0.1, 0.15) is 43.2 Å². The molecule has 1 aromatic rings. The van der Waals surface area contributed by atoms with E-state index < -0.39 is 0 Å². The molecule has 1 aliphatic carbocycles. The maximum atomic E-state index is 6.07. The summed E-state index contributed by atoms with van der Waals surface area (Å²) in [6, 6.07) is 9.52. The minimum Gasteiger partial charge on any atom is -0.375 e. The Bertz CT molecular complexity index is 452. The largest absolute Gasteiger partial charge is 0.375 e. The van der Waals surface area contributed by atoms with Gasteiger partial charge in [-0.3, -0.25) is 0 Å². The molecule has 0 bridgehead atoms. The molecular weight excluding hydrogens is 246 g/mol. The van der Waals surface area contributed by atoms with Crippen LogP contribution in [-0.2, 0) is 11.2 Å². The summed E-state index contributed by atoms with van der Waals surface area (Å²) in [5.41, 5.74) is 3.07. The zero-order valence-electron chi connectivity index (χ0n) is 12.8. The van der Waals surface area contributed by atoms with Crippen molar-refractivity contribution in [2.75, 3.05) is 13.7 Å². The monoisotopic (exact) mass is 273 g/mol. The van der Waals surface area contributed by atoms with Gasteiger partial charge in [0.2, 0.25) is 0 Å². The Morgan fingerprint density at radius 1 is 1.40 bits per heavy atom. The lowest BCUT2D eigenvalue weighted by Gasteiger charge is -2.48. The average Bonchev–Trinajstić information content (AvgIpc) is 2.43. The molecule has 0 radical (unpaired) electrons. The molecule has 2 unspecified atom stereocenters. The number of ether oxygens (including phenoxy) is 1. The van der Waals surface area contributed by atoms with Crippen LogP contribution in [0.15, 0.2) is 24.3 Å². The third-order valence-electron chi connectivity index (χ3n) is 5.27. The maximum Gasteiger partial charge on any atom is 0.0685 e. The molecule has 1 saturated heterocycles. The Kier molecular flexibility index (Phi) is 4.13. The van der Waals surface area contributed by atoms with Gasteiger partial charge in [-0.1, -0.05) is 29.8 Å². The van der Waals surface area contributed by atoms with Gasteiger partial charge < -0.3 is 10.1 Å². The van der Waals surface area contributed by atoms with Gasteiger partial charge in [0, 0.05) is 12.6 Å². The van der Waals surface area contributed by atoms with E-state index in [-0.39, 0.29) is 5.60 Å². The molecule has 2 nitrogen and oxygen atoms in total. The zero-order chi connectivity index (χ0) is 14.0. The van der Waals surface area contributed by atoms with Crippen LogP contribution in [-0.4, -0.2) is 25.3 Å². The predicted molar refractivity (Wildman–Crippen MR) is 83.0 cm³/mol. The van der Waals surface area contributed by atoms with Crippen molar-refractivity contribution in [1.82, 2.24) is 5.32 Å². The van der Waals surface area contributed by atoms with Crippen molar-refractivity contribution in [3.63, 3.8) is 0 Å². The van der Waals surface area contributed by atoms with Gasteiger partial charge in [0.25, 0.3) is 0 Å². The molecule has 2 fully saturated rings. The summed E-state index contributed by atoms with van der Waals surface area (Å²) in [5.74, 6) is 0.759. The van der Waals surface area contributed by atoms with Gasteiger partial charge in [-0.25, -0.2) is 0 Å². The van der Waals surface area contributed by atoms with Gasteiger partial charge in [-0.05, 0) is 64.0 Å². The van der Waals surface area contributed by atoms with Gasteiger partial charge in [0.1, 0.15) is 0 Å². The summed E-state index contributed by atoms with van der Waals surface area (Å²) >= 11 is 0. The Balaban J connectivity index is 1.66. The summed E-state index contributed by atoms with van der Waals surface area (Å²) in [6.45, 7) is 3.13. The molecule has 2 heteroatoms. The first-order valence-corrected chi connectivity index (χ1v) is 8.08. The van der Waals surface area contributed by atoms with Gasteiger partial charge in [-0.15, -0.1) is 0 Å². The molecule has 0 amide bonds. The SMILES string of the molecule is CNC(Cc1cccc(C)c1)C1CCOC2(CCC2)C1. The fraction of sp³-hybridized carbons (Fsp3) is 0.667. The zero-order valence-corrected chi connectivity index (χ0v) is 12.8. The van der Waals surface area contributed by atoms with Crippen LogP contribution in [0.4, 0.5) is 0 Å². The third kappa shape index (κ3) is 2.91. The van der Waals surface area contributed by atoms with Crippen LogP contribution in [0.25, 0.3) is 0 Å². The van der Waals surface area contributed by atoms with E-state index in [1.54, 1.807) is 0 Å². The molecule has 3 rings (SSSR count). The Morgan fingerprint density at radius 2 is 2.25 bits per heavy atom. The lowest BCUT2D eigenvalue weighted by atomic mass is 9.70. The number of hydrogen-bond acceptors (Lipinski definition) is 2. The second kappa shape index (κ2) is 5.87. The lowest BCUT2D eigenvalue weighted by molar-refractivity contribution is -0.146. The summed E-state index contributed by atoms with van der Waals surface area (Å²) < 4.78 is 6.07. The second-order valence-corrected chi connectivity index (χ2v) is 6.73. The van der Waals surface area contributed by atoms with E-state index in [4.69, 9.17) is 4.74 Å². The van der Waals surface area contributed by atoms with Crippen molar-refractivity contribution < 1.29 is 4.74 Å². The fourth-order valence-corrected chi connectivity index (χ4v) is 3.93. The van der Waals surface area contributed by atoms with Crippen molar-refractivity contribution >= 4 is 0 Å². The molecule has 110 valence electrons. The van der Waals surface area contributed by atoms with Crippen molar-refractivity contribution in [3.8, 4) is 0 Å². The highest BCUT2D eigenvalue weighted by atomic mass is 16.5. The normalized spacial score (nSPS) is 26.2. The standard InChI is InChI=1S/C18H27NO/c1-14-5-3-6-15(11-14)12-17(19-2)16-7-10-20-18(13-16)8-4-9-18/h3,5-6,11,16-17,19H,4,7-10,12-13H2,1-2H3. The average molecular weight is 273 g/mol. The molecule has 1 spiro atoms. The van der Waals surface area contributed by atoms with Crippen LogP contribution < -0.4 is 5.32 Å². The van der Waals surface area contributed by atoms with Crippen molar-refractivity contribution in [3.05, 3.63) is 35.4 Å². The first-order chi connectivity index (χ1) is 9.71. The summed E-state index contributed by atoms with van der Waals surface area (Å²) in [6.07, 6.45) is 7.52. The molecule has 1 N–H and O–H groups in total. The molecule has 2 atom stereocenters. The van der Waals surface area contributed by atoms with Gasteiger partial charge in [-0.2, -0.15) is 0 Å². The third-order valence-corrected chi connectivity index (χ3v) is 5.27. The van der Waals surface area contributed by atoms with Crippen LogP contribution in [0.5, 0.6) is 0 Å². The highest BCUT2D eigenvalue weighted by molar-refractivity contribution is 5.23. The molecule has 1 saturated carbocycles. The van der Waals surface area contributed by atoms with Gasteiger partial charge in [0.05, 0.1) is 5.60 Å². The van der Waals surface area contributed by atoms with E-state index in [1.165, 1.54) is 43.2 Å². The molecule has 1 aromatic carbocycles.